The van der Waals surface area contributed by atoms with Crippen LogP contribution < -0.4 is 19.5 Å². The first-order valence-corrected chi connectivity index (χ1v) is 8.39. The SMILES string of the molecule is C[C@@H](OC(=O)c1ccc(OC(F)F)cc1)C(=O)Nc1ccc2c(c1)OCCO2. The Labute approximate surface area is 159 Å². The van der Waals surface area contributed by atoms with Crippen molar-refractivity contribution in [1.29, 1.82) is 0 Å². The van der Waals surface area contributed by atoms with Gasteiger partial charge in [0, 0.05) is 11.8 Å². The molecule has 0 unspecified atom stereocenters. The minimum Gasteiger partial charge on any atom is -0.486 e. The Hall–Kier alpha value is -3.36. The molecule has 0 spiro atoms. The lowest BCUT2D eigenvalue weighted by Crippen LogP contribution is -2.30. The molecule has 0 saturated heterocycles. The van der Waals surface area contributed by atoms with Crippen LogP contribution in [0.3, 0.4) is 0 Å². The number of rotatable bonds is 6. The van der Waals surface area contributed by atoms with Gasteiger partial charge in [-0.05, 0) is 43.3 Å². The molecule has 0 aliphatic carbocycles. The summed E-state index contributed by atoms with van der Waals surface area (Å²) < 4.78 is 44.4. The maximum absolute atomic E-state index is 12.3. The van der Waals surface area contributed by atoms with Crippen LogP contribution in [-0.4, -0.2) is 37.8 Å². The summed E-state index contributed by atoms with van der Waals surface area (Å²) in [6.07, 6.45) is -1.09. The molecule has 7 nitrogen and oxygen atoms in total. The number of benzene rings is 2. The molecule has 2 aromatic carbocycles. The molecule has 3 rings (SSSR count). The van der Waals surface area contributed by atoms with Crippen molar-refractivity contribution in [2.24, 2.45) is 0 Å². The predicted octanol–water partition coefficient (Wildman–Crippen LogP) is 3.24. The highest BCUT2D eigenvalue weighted by molar-refractivity contribution is 5.97. The van der Waals surface area contributed by atoms with Gasteiger partial charge in [-0.15, -0.1) is 0 Å². The molecule has 1 aliphatic heterocycles. The van der Waals surface area contributed by atoms with Crippen molar-refractivity contribution in [1.82, 2.24) is 0 Å². The summed E-state index contributed by atoms with van der Waals surface area (Å²) in [6, 6.07) is 9.89. The summed E-state index contributed by atoms with van der Waals surface area (Å²) >= 11 is 0. The number of halogens is 2. The van der Waals surface area contributed by atoms with Gasteiger partial charge in [-0.2, -0.15) is 8.78 Å². The smallest absolute Gasteiger partial charge is 0.387 e. The first kappa shape index (κ1) is 19.4. The minimum atomic E-state index is -2.96. The van der Waals surface area contributed by atoms with Gasteiger partial charge in [0.05, 0.1) is 5.56 Å². The highest BCUT2D eigenvalue weighted by Crippen LogP contribution is 2.32. The van der Waals surface area contributed by atoms with E-state index in [0.717, 1.165) is 0 Å². The fraction of sp³-hybridized carbons (Fsp3) is 0.263. The Bertz CT molecular complexity index is 856. The average Bonchev–Trinajstić information content (AvgIpc) is 2.67. The van der Waals surface area contributed by atoms with Gasteiger partial charge in [0.15, 0.2) is 17.6 Å². The molecule has 148 valence electrons. The molecule has 0 aromatic heterocycles. The monoisotopic (exact) mass is 393 g/mol. The number of carbonyl (C=O) groups excluding carboxylic acids is 2. The Balaban J connectivity index is 1.57. The Kier molecular flexibility index (Phi) is 5.93. The van der Waals surface area contributed by atoms with Gasteiger partial charge in [-0.3, -0.25) is 4.79 Å². The predicted molar refractivity (Wildman–Crippen MR) is 94.0 cm³/mol. The highest BCUT2D eigenvalue weighted by atomic mass is 19.3. The van der Waals surface area contributed by atoms with Crippen molar-refractivity contribution in [2.45, 2.75) is 19.6 Å². The molecule has 1 N–H and O–H groups in total. The third-order valence-corrected chi connectivity index (χ3v) is 3.78. The summed E-state index contributed by atoms with van der Waals surface area (Å²) in [5, 5.41) is 2.62. The average molecular weight is 393 g/mol. The topological polar surface area (TPSA) is 83.1 Å². The third kappa shape index (κ3) is 4.87. The summed E-state index contributed by atoms with van der Waals surface area (Å²) in [4.78, 5) is 24.4. The zero-order valence-corrected chi connectivity index (χ0v) is 14.8. The number of anilines is 1. The van der Waals surface area contributed by atoms with E-state index in [0.29, 0.717) is 30.4 Å². The molecule has 1 aliphatic rings. The van der Waals surface area contributed by atoms with E-state index >= 15 is 0 Å². The number of ether oxygens (including phenoxy) is 4. The minimum absolute atomic E-state index is 0.0871. The van der Waals surface area contributed by atoms with Crippen molar-refractivity contribution < 1.29 is 37.3 Å². The molecule has 1 heterocycles. The van der Waals surface area contributed by atoms with Gasteiger partial charge in [0.25, 0.3) is 5.91 Å². The number of carbonyl (C=O) groups is 2. The van der Waals surface area contributed by atoms with E-state index in [1.165, 1.54) is 31.2 Å². The first-order chi connectivity index (χ1) is 13.4. The molecule has 0 saturated carbocycles. The first-order valence-electron chi connectivity index (χ1n) is 8.39. The molecule has 0 radical (unpaired) electrons. The zero-order valence-electron chi connectivity index (χ0n) is 14.8. The normalized spacial score (nSPS) is 13.6. The number of hydrogen-bond donors (Lipinski definition) is 1. The number of hydrogen-bond acceptors (Lipinski definition) is 6. The van der Waals surface area contributed by atoms with E-state index in [2.05, 4.69) is 10.1 Å². The number of alkyl halides is 2. The molecule has 9 heteroatoms. The molecule has 2 aromatic rings. The van der Waals surface area contributed by atoms with Gasteiger partial charge >= 0.3 is 12.6 Å². The van der Waals surface area contributed by atoms with Crippen LogP contribution in [0.5, 0.6) is 17.2 Å². The van der Waals surface area contributed by atoms with E-state index in [9.17, 15) is 18.4 Å². The van der Waals surface area contributed by atoms with Crippen molar-refractivity contribution in [3.05, 3.63) is 48.0 Å². The Morgan fingerprint density at radius 1 is 1.04 bits per heavy atom. The van der Waals surface area contributed by atoms with Gasteiger partial charge in [0.2, 0.25) is 0 Å². The lowest BCUT2D eigenvalue weighted by molar-refractivity contribution is -0.123. The van der Waals surface area contributed by atoms with Gasteiger partial charge in [-0.1, -0.05) is 0 Å². The van der Waals surface area contributed by atoms with Crippen LogP contribution in [0, 0.1) is 0 Å². The van der Waals surface area contributed by atoms with E-state index < -0.39 is 24.6 Å². The third-order valence-electron chi connectivity index (χ3n) is 3.78. The van der Waals surface area contributed by atoms with Gasteiger partial charge < -0.3 is 24.3 Å². The molecule has 1 atom stereocenters. The summed E-state index contributed by atoms with van der Waals surface area (Å²) in [6.45, 7) is -0.665. The van der Waals surface area contributed by atoms with E-state index in [4.69, 9.17) is 14.2 Å². The molecule has 0 fully saturated rings. The number of amides is 1. The fourth-order valence-corrected chi connectivity index (χ4v) is 2.42. The molecule has 0 bridgehead atoms. The molecule has 28 heavy (non-hydrogen) atoms. The number of fused-ring (bicyclic) bond motifs is 1. The second kappa shape index (κ2) is 8.55. The van der Waals surface area contributed by atoms with Gasteiger partial charge in [-0.25, -0.2) is 4.79 Å². The zero-order chi connectivity index (χ0) is 20.1. The van der Waals surface area contributed by atoms with Crippen molar-refractivity contribution in [3.63, 3.8) is 0 Å². The van der Waals surface area contributed by atoms with Crippen LogP contribution >= 0.6 is 0 Å². The quantitative estimate of drug-likeness (QED) is 0.759. The van der Waals surface area contributed by atoms with Crippen molar-refractivity contribution in [2.75, 3.05) is 18.5 Å². The molecule has 1 amide bonds. The van der Waals surface area contributed by atoms with Crippen molar-refractivity contribution in [3.8, 4) is 17.2 Å². The lowest BCUT2D eigenvalue weighted by Gasteiger charge is -2.19. The maximum atomic E-state index is 12.3. The van der Waals surface area contributed by atoms with Crippen LogP contribution in [0.2, 0.25) is 0 Å². The van der Waals surface area contributed by atoms with E-state index in [1.54, 1.807) is 18.2 Å². The summed E-state index contributed by atoms with van der Waals surface area (Å²) in [5.74, 6) is -0.296. The largest absolute Gasteiger partial charge is 0.486 e. The van der Waals surface area contributed by atoms with Crippen LogP contribution in [0.25, 0.3) is 0 Å². The summed E-state index contributed by atoms with van der Waals surface area (Å²) in [7, 11) is 0. The van der Waals surface area contributed by atoms with Crippen molar-refractivity contribution >= 4 is 17.6 Å². The maximum Gasteiger partial charge on any atom is 0.387 e. The Morgan fingerprint density at radius 2 is 1.71 bits per heavy atom. The number of esters is 1. The standard InChI is InChI=1S/C19H17F2NO6/c1-11(27-18(24)12-2-5-14(6-3-12)28-19(20)21)17(23)22-13-4-7-15-16(10-13)26-9-8-25-15/h2-7,10-11,19H,8-9H2,1H3,(H,22,23)/t11-/m1/s1. The van der Waals surface area contributed by atoms with E-state index in [1.807, 2.05) is 0 Å². The number of nitrogens with one attached hydrogen (secondary N) is 1. The second-order valence-corrected chi connectivity index (χ2v) is 5.80. The second-order valence-electron chi connectivity index (χ2n) is 5.80. The lowest BCUT2D eigenvalue weighted by atomic mass is 10.2. The van der Waals surface area contributed by atoms with Crippen LogP contribution in [0.4, 0.5) is 14.5 Å². The molecular weight excluding hydrogens is 376 g/mol. The van der Waals surface area contributed by atoms with Crippen LogP contribution in [-0.2, 0) is 9.53 Å². The highest BCUT2D eigenvalue weighted by Gasteiger charge is 2.20. The van der Waals surface area contributed by atoms with Crippen LogP contribution in [0.1, 0.15) is 17.3 Å². The molecular formula is C19H17F2NO6. The fourth-order valence-electron chi connectivity index (χ4n) is 2.42. The van der Waals surface area contributed by atoms with E-state index in [-0.39, 0.29) is 11.3 Å². The van der Waals surface area contributed by atoms with Gasteiger partial charge in [0.1, 0.15) is 19.0 Å². The van der Waals surface area contributed by atoms with Crippen LogP contribution in [0.15, 0.2) is 42.5 Å². The summed E-state index contributed by atoms with van der Waals surface area (Å²) in [5.41, 5.74) is 0.561. The Morgan fingerprint density at radius 3 is 2.39 bits per heavy atom.